The summed E-state index contributed by atoms with van der Waals surface area (Å²) in [5, 5.41) is 3.45. The fourth-order valence-corrected chi connectivity index (χ4v) is 3.38. The van der Waals surface area contributed by atoms with Crippen LogP contribution in [0.4, 0.5) is 0 Å². The van der Waals surface area contributed by atoms with Gasteiger partial charge in [-0.2, -0.15) is 0 Å². The summed E-state index contributed by atoms with van der Waals surface area (Å²) >= 11 is 0. The summed E-state index contributed by atoms with van der Waals surface area (Å²) in [6, 6.07) is 0. The molecule has 0 amide bonds. The zero-order valence-electron chi connectivity index (χ0n) is 11.9. The van der Waals surface area contributed by atoms with Crippen LogP contribution in [0, 0.1) is 20.8 Å². The summed E-state index contributed by atoms with van der Waals surface area (Å²) in [4.78, 5) is 0. The van der Waals surface area contributed by atoms with Gasteiger partial charge in [0.05, 0.1) is 12.5 Å². The van der Waals surface area contributed by atoms with Gasteiger partial charge < -0.3 is 9.73 Å². The van der Waals surface area contributed by atoms with E-state index in [4.69, 9.17) is 4.42 Å². The molecule has 0 radical (unpaired) electrons. The molecule has 0 spiro atoms. The van der Waals surface area contributed by atoms with Crippen LogP contribution in [0.3, 0.4) is 0 Å². The molecule has 1 N–H and O–H groups in total. The lowest BCUT2D eigenvalue weighted by atomic mass is 9.86. The lowest BCUT2D eigenvalue weighted by Crippen LogP contribution is -2.27. The minimum atomic E-state index is 0. The fourth-order valence-electron chi connectivity index (χ4n) is 3.38. The molecule has 0 aromatic rings. The van der Waals surface area contributed by atoms with Crippen LogP contribution in [0.2, 0.25) is 0 Å². The van der Waals surface area contributed by atoms with Crippen molar-refractivity contribution in [3.8, 4) is 11.1 Å². The van der Waals surface area contributed by atoms with E-state index in [1.165, 1.54) is 40.7 Å². The average molecular weight is 280 g/mol. The Bertz CT molecular complexity index is 540. The Morgan fingerprint density at radius 3 is 2.42 bits per heavy atom. The maximum atomic E-state index is 5.45. The molecule has 3 heteroatoms. The molecule has 0 bridgehead atoms. The summed E-state index contributed by atoms with van der Waals surface area (Å²) in [5.74, 6) is 0.712. The first-order valence-corrected chi connectivity index (χ1v) is 6.86. The van der Waals surface area contributed by atoms with Crippen molar-refractivity contribution in [2.24, 2.45) is 0 Å². The van der Waals surface area contributed by atoms with Gasteiger partial charge in [-0.25, -0.2) is 0 Å². The molecule has 3 rings (SSSR count). The van der Waals surface area contributed by atoms with Crippen LogP contribution in [0.25, 0.3) is 11.1 Å². The third kappa shape index (κ3) is 2.28. The number of rotatable bonds is 1. The minimum absolute atomic E-state index is 0. The number of halogens is 1. The zero-order chi connectivity index (χ0) is 12.7. The molecule has 0 aromatic carbocycles. The van der Waals surface area contributed by atoms with E-state index in [1.807, 2.05) is 12.5 Å². The van der Waals surface area contributed by atoms with Crippen molar-refractivity contribution in [1.82, 2.24) is 5.32 Å². The van der Waals surface area contributed by atoms with Crippen molar-refractivity contribution in [2.75, 3.05) is 13.1 Å². The predicted octanol–water partition coefficient (Wildman–Crippen LogP) is 4.20. The summed E-state index contributed by atoms with van der Waals surface area (Å²) < 4.78 is 5.45. The van der Waals surface area contributed by atoms with Gasteiger partial charge >= 0.3 is 0 Å². The number of hydrogen-bond acceptors (Lipinski definition) is 2. The first kappa shape index (κ1) is 14.4. The highest BCUT2D eigenvalue weighted by Gasteiger charge is 2.27. The predicted molar refractivity (Wildman–Crippen MR) is 81.6 cm³/mol. The van der Waals surface area contributed by atoms with Crippen molar-refractivity contribution in [3.63, 3.8) is 0 Å². The van der Waals surface area contributed by atoms with Gasteiger partial charge in [0.25, 0.3) is 0 Å². The fraction of sp³-hybridized carbons (Fsp3) is 0.500. The molecule has 1 aliphatic carbocycles. The second-order valence-corrected chi connectivity index (χ2v) is 5.53. The van der Waals surface area contributed by atoms with Crippen molar-refractivity contribution in [2.45, 2.75) is 39.5 Å². The average Bonchev–Trinajstić information content (AvgIpc) is 2.65. The van der Waals surface area contributed by atoms with Crippen molar-refractivity contribution in [3.05, 3.63) is 34.8 Å². The molecule has 0 saturated carbocycles. The van der Waals surface area contributed by atoms with Crippen molar-refractivity contribution < 1.29 is 4.42 Å². The molecule has 19 heavy (non-hydrogen) atoms. The second kappa shape index (κ2) is 5.56. The molecule has 1 saturated heterocycles. The van der Waals surface area contributed by atoms with Crippen LogP contribution >= 0.6 is 12.4 Å². The maximum absolute atomic E-state index is 5.45. The normalized spacial score (nSPS) is 16.6. The van der Waals surface area contributed by atoms with E-state index in [-0.39, 0.29) is 12.4 Å². The van der Waals surface area contributed by atoms with Gasteiger partial charge in [-0.3, -0.25) is 0 Å². The third-order valence-corrected chi connectivity index (χ3v) is 4.48. The molecule has 2 nitrogen and oxygen atoms in total. The number of piperidine rings is 1. The smallest absolute Gasteiger partial charge is 0.0982 e. The standard InChI is InChI=1S/C16H21NO.ClH/c1-10-8-18-9-14-11(2)12(3)16(15(10)14)13-4-6-17-7-5-13;/h8-9,13,17H,4-7H2,1-3H3;1H. The number of aryl methyl sites for hydroxylation is 1. The van der Waals surface area contributed by atoms with E-state index in [0.29, 0.717) is 5.92 Å². The Labute approximate surface area is 121 Å². The van der Waals surface area contributed by atoms with Crippen LogP contribution in [0.5, 0.6) is 0 Å². The molecule has 0 atom stereocenters. The van der Waals surface area contributed by atoms with E-state index >= 15 is 0 Å². The van der Waals surface area contributed by atoms with E-state index in [2.05, 4.69) is 26.1 Å². The van der Waals surface area contributed by atoms with Gasteiger partial charge in [0.2, 0.25) is 0 Å². The van der Waals surface area contributed by atoms with Gasteiger partial charge in [-0.1, -0.05) is 0 Å². The monoisotopic (exact) mass is 279 g/mol. The van der Waals surface area contributed by atoms with E-state index in [1.54, 1.807) is 5.56 Å². The highest BCUT2D eigenvalue weighted by atomic mass is 35.5. The van der Waals surface area contributed by atoms with Crippen LogP contribution in [0.15, 0.2) is 16.9 Å². The highest BCUT2D eigenvalue weighted by Crippen LogP contribution is 2.44. The SMILES string of the molecule is Cc1cocc2c(C)c(C)c(C3CCNCC3)c1-2.Cl. The number of hydrogen-bond donors (Lipinski definition) is 1. The molecular formula is C16H22ClNO. The van der Waals surface area contributed by atoms with Crippen LogP contribution in [-0.4, -0.2) is 13.1 Å². The van der Waals surface area contributed by atoms with E-state index in [9.17, 15) is 0 Å². The molecule has 104 valence electrons. The molecule has 2 heterocycles. The van der Waals surface area contributed by atoms with Crippen LogP contribution < -0.4 is 5.32 Å². The third-order valence-electron chi connectivity index (χ3n) is 4.48. The molecule has 0 aromatic heterocycles. The van der Waals surface area contributed by atoms with Gasteiger partial charge in [0, 0.05) is 5.56 Å². The Hall–Kier alpha value is -0.990. The Morgan fingerprint density at radius 2 is 1.74 bits per heavy atom. The summed E-state index contributed by atoms with van der Waals surface area (Å²) in [7, 11) is 0. The lowest BCUT2D eigenvalue weighted by molar-refractivity contribution is 0.460. The Morgan fingerprint density at radius 1 is 1.05 bits per heavy atom. The van der Waals surface area contributed by atoms with Gasteiger partial charge in [-0.05, 0) is 80.4 Å². The lowest BCUT2D eigenvalue weighted by Gasteiger charge is -2.24. The number of nitrogens with one attached hydrogen (secondary N) is 1. The first-order valence-electron chi connectivity index (χ1n) is 6.86. The quantitative estimate of drug-likeness (QED) is 0.846. The van der Waals surface area contributed by atoms with Crippen molar-refractivity contribution in [1.29, 1.82) is 0 Å². The largest absolute Gasteiger partial charge is 0.472 e. The van der Waals surface area contributed by atoms with Crippen LogP contribution in [-0.2, 0) is 0 Å². The molecule has 1 fully saturated rings. The zero-order valence-corrected chi connectivity index (χ0v) is 12.7. The summed E-state index contributed by atoms with van der Waals surface area (Å²) in [5.41, 5.74) is 8.48. The summed E-state index contributed by atoms with van der Waals surface area (Å²) in [6.45, 7) is 8.94. The Kier molecular flexibility index (Phi) is 4.22. The highest BCUT2D eigenvalue weighted by molar-refractivity contribution is 5.85. The molecular weight excluding hydrogens is 258 g/mol. The second-order valence-electron chi connectivity index (χ2n) is 5.53. The van der Waals surface area contributed by atoms with E-state index < -0.39 is 0 Å². The van der Waals surface area contributed by atoms with E-state index in [0.717, 1.165) is 13.1 Å². The molecule has 2 aliphatic heterocycles. The van der Waals surface area contributed by atoms with Crippen LogP contribution in [0.1, 0.15) is 41.0 Å². The first-order chi connectivity index (χ1) is 8.70. The van der Waals surface area contributed by atoms with Gasteiger partial charge in [0.15, 0.2) is 0 Å². The minimum Gasteiger partial charge on any atom is -0.472 e. The molecule has 0 unspecified atom stereocenters. The maximum Gasteiger partial charge on any atom is 0.0982 e. The van der Waals surface area contributed by atoms with Crippen molar-refractivity contribution >= 4 is 12.4 Å². The topological polar surface area (TPSA) is 25.2 Å². The Balaban J connectivity index is 0.00000133. The molecule has 3 aliphatic rings. The summed E-state index contributed by atoms with van der Waals surface area (Å²) in [6.07, 6.45) is 6.30. The van der Waals surface area contributed by atoms with Gasteiger partial charge in [-0.15, -0.1) is 12.4 Å². The number of fused-ring (bicyclic) bond motifs is 1. The van der Waals surface area contributed by atoms with Gasteiger partial charge in [0.1, 0.15) is 0 Å².